The lowest BCUT2D eigenvalue weighted by molar-refractivity contribution is 0.0925. The number of imide groups is 1. The highest BCUT2D eigenvalue weighted by molar-refractivity contribution is 6.34. The van der Waals surface area contributed by atoms with Crippen molar-refractivity contribution in [3.05, 3.63) is 86.2 Å². The molecule has 0 atom stereocenters. The van der Waals surface area contributed by atoms with Crippen LogP contribution < -0.4 is 26.2 Å². The molecule has 1 aromatic heterocycles. The number of carbonyl (C=O) groups is 3. The van der Waals surface area contributed by atoms with E-state index in [2.05, 4.69) is 10.3 Å². The molecule has 150 valence electrons. The molecule has 0 bridgehead atoms. The van der Waals surface area contributed by atoms with Crippen LogP contribution >= 0.6 is 0 Å². The predicted molar refractivity (Wildman–Crippen MR) is 106 cm³/mol. The van der Waals surface area contributed by atoms with Crippen LogP contribution in [0.5, 0.6) is 5.75 Å². The average molecular weight is 406 g/mol. The first-order valence-corrected chi connectivity index (χ1v) is 8.69. The van der Waals surface area contributed by atoms with E-state index in [1.807, 2.05) is 4.98 Å². The molecule has 3 N–H and O–H groups in total. The summed E-state index contributed by atoms with van der Waals surface area (Å²) in [5.74, 6) is -1.19. The van der Waals surface area contributed by atoms with Gasteiger partial charge in [-0.3, -0.25) is 24.2 Å². The maximum Gasteiger partial charge on any atom is 0.325 e. The molecule has 1 aliphatic heterocycles. The lowest BCUT2D eigenvalue weighted by atomic mass is 10.1. The van der Waals surface area contributed by atoms with Crippen molar-refractivity contribution in [1.82, 2.24) is 9.97 Å². The number of rotatable bonds is 4. The van der Waals surface area contributed by atoms with E-state index < -0.39 is 29.0 Å². The van der Waals surface area contributed by atoms with Gasteiger partial charge in [0, 0.05) is 11.8 Å². The lowest BCUT2D eigenvalue weighted by Crippen LogP contribution is -2.29. The molecule has 1 aliphatic rings. The van der Waals surface area contributed by atoms with Crippen molar-refractivity contribution >= 4 is 29.1 Å². The molecular formula is C20H14N4O6. The van der Waals surface area contributed by atoms with Crippen molar-refractivity contribution in [2.45, 2.75) is 0 Å². The molecule has 0 aliphatic carbocycles. The zero-order valence-corrected chi connectivity index (χ0v) is 15.5. The molecule has 10 heteroatoms. The molecule has 3 amide bonds. The fourth-order valence-corrected chi connectivity index (χ4v) is 3.04. The van der Waals surface area contributed by atoms with Gasteiger partial charge in [0.15, 0.2) is 0 Å². The highest BCUT2D eigenvalue weighted by atomic mass is 16.5. The Morgan fingerprint density at radius 2 is 1.67 bits per heavy atom. The number of carbonyl (C=O) groups excluding carboxylic acids is 3. The van der Waals surface area contributed by atoms with Gasteiger partial charge < -0.3 is 15.0 Å². The van der Waals surface area contributed by atoms with Crippen LogP contribution in [0.1, 0.15) is 31.1 Å². The van der Waals surface area contributed by atoms with Crippen molar-refractivity contribution in [2.75, 3.05) is 17.3 Å². The number of aromatic nitrogens is 2. The van der Waals surface area contributed by atoms with E-state index in [0.29, 0.717) is 11.4 Å². The first-order chi connectivity index (χ1) is 14.4. The quantitative estimate of drug-likeness (QED) is 0.555. The van der Waals surface area contributed by atoms with Crippen LogP contribution in [-0.4, -0.2) is 34.8 Å². The number of nitrogens with zero attached hydrogens (tertiary/aromatic N) is 1. The largest absolute Gasteiger partial charge is 0.497 e. The third kappa shape index (κ3) is 3.15. The van der Waals surface area contributed by atoms with Gasteiger partial charge in [-0.25, -0.2) is 9.69 Å². The van der Waals surface area contributed by atoms with Crippen molar-refractivity contribution in [1.29, 1.82) is 0 Å². The van der Waals surface area contributed by atoms with Gasteiger partial charge in [-0.15, -0.1) is 0 Å². The molecule has 2 aromatic carbocycles. The van der Waals surface area contributed by atoms with Crippen LogP contribution in [0.3, 0.4) is 0 Å². The van der Waals surface area contributed by atoms with E-state index in [9.17, 15) is 24.0 Å². The molecular weight excluding hydrogens is 392 g/mol. The number of hydrogen-bond donors (Lipinski definition) is 3. The Bertz CT molecular complexity index is 1310. The minimum Gasteiger partial charge on any atom is -0.497 e. The van der Waals surface area contributed by atoms with E-state index in [1.165, 1.54) is 25.3 Å². The molecule has 30 heavy (non-hydrogen) atoms. The van der Waals surface area contributed by atoms with Crippen LogP contribution in [0.2, 0.25) is 0 Å². The molecule has 0 unspecified atom stereocenters. The summed E-state index contributed by atoms with van der Waals surface area (Å²) in [4.78, 5) is 66.1. The number of ether oxygens (including phenoxy) is 1. The summed E-state index contributed by atoms with van der Waals surface area (Å²) in [5, 5.41) is 2.35. The molecule has 10 nitrogen and oxygen atoms in total. The Morgan fingerprint density at radius 3 is 2.33 bits per heavy atom. The Balaban J connectivity index is 1.63. The Morgan fingerprint density at radius 1 is 0.967 bits per heavy atom. The first-order valence-electron chi connectivity index (χ1n) is 8.69. The van der Waals surface area contributed by atoms with Gasteiger partial charge in [0.2, 0.25) is 0 Å². The zero-order chi connectivity index (χ0) is 21.4. The van der Waals surface area contributed by atoms with Crippen LogP contribution in [0.25, 0.3) is 0 Å². The lowest BCUT2D eigenvalue weighted by Gasteiger charge is -2.14. The van der Waals surface area contributed by atoms with Gasteiger partial charge in [-0.2, -0.15) is 0 Å². The van der Waals surface area contributed by atoms with Crippen LogP contribution in [-0.2, 0) is 0 Å². The number of hydrogen-bond acceptors (Lipinski definition) is 6. The van der Waals surface area contributed by atoms with Crippen LogP contribution in [0, 0.1) is 0 Å². The normalized spacial score (nSPS) is 12.6. The molecule has 0 radical (unpaired) electrons. The fraction of sp³-hybridized carbons (Fsp3) is 0.0500. The molecule has 0 fully saturated rings. The van der Waals surface area contributed by atoms with Gasteiger partial charge in [0.25, 0.3) is 23.3 Å². The fourth-order valence-electron chi connectivity index (χ4n) is 3.04. The monoisotopic (exact) mass is 406 g/mol. The Labute approximate surface area is 168 Å². The van der Waals surface area contributed by atoms with E-state index >= 15 is 0 Å². The van der Waals surface area contributed by atoms with Crippen molar-refractivity contribution in [3.8, 4) is 5.75 Å². The number of methoxy groups -OCH3 is 1. The van der Waals surface area contributed by atoms with Crippen LogP contribution in [0.4, 0.5) is 11.4 Å². The SMILES string of the molecule is COc1ccc(N2C(=O)c3ccc(C(=O)Nc4c[nH]c(=O)[nH]c4=O)cc3C2=O)cc1. The summed E-state index contributed by atoms with van der Waals surface area (Å²) < 4.78 is 5.08. The number of anilines is 2. The second kappa shape index (κ2) is 7.17. The van der Waals surface area contributed by atoms with Gasteiger partial charge in [0.1, 0.15) is 11.4 Å². The molecule has 4 rings (SSSR count). The smallest absolute Gasteiger partial charge is 0.325 e. The van der Waals surface area contributed by atoms with Gasteiger partial charge in [-0.1, -0.05) is 0 Å². The maximum atomic E-state index is 12.8. The summed E-state index contributed by atoms with van der Waals surface area (Å²) in [6.07, 6.45) is 1.06. The second-order valence-corrected chi connectivity index (χ2v) is 6.34. The van der Waals surface area contributed by atoms with Gasteiger partial charge in [0.05, 0.1) is 23.9 Å². The van der Waals surface area contributed by atoms with E-state index in [4.69, 9.17) is 4.74 Å². The Hall–Kier alpha value is -4.47. The minimum absolute atomic E-state index is 0.0667. The third-order valence-electron chi connectivity index (χ3n) is 4.55. The summed E-state index contributed by atoms with van der Waals surface area (Å²) >= 11 is 0. The number of aromatic amines is 2. The molecule has 2 heterocycles. The summed E-state index contributed by atoms with van der Waals surface area (Å²) in [5.41, 5.74) is -0.983. The summed E-state index contributed by atoms with van der Waals surface area (Å²) in [6.45, 7) is 0. The Kier molecular flexibility index (Phi) is 4.51. The summed E-state index contributed by atoms with van der Waals surface area (Å²) in [6, 6.07) is 10.4. The molecule has 0 spiro atoms. The zero-order valence-electron chi connectivity index (χ0n) is 15.5. The highest BCUT2D eigenvalue weighted by Gasteiger charge is 2.37. The van der Waals surface area contributed by atoms with E-state index in [0.717, 1.165) is 11.1 Å². The topological polar surface area (TPSA) is 141 Å². The molecule has 0 saturated carbocycles. The molecule has 3 aromatic rings. The number of nitrogens with one attached hydrogen (secondary N) is 3. The van der Waals surface area contributed by atoms with Crippen LogP contribution in [0.15, 0.2) is 58.3 Å². The average Bonchev–Trinajstić information content (AvgIpc) is 3.00. The van der Waals surface area contributed by atoms with Gasteiger partial charge >= 0.3 is 5.69 Å². The van der Waals surface area contributed by atoms with E-state index in [-0.39, 0.29) is 22.4 Å². The highest BCUT2D eigenvalue weighted by Crippen LogP contribution is 2.30. The minimum atomic E-state index is -0.773. The van der Waals surface area contributed by atoms with Gasteiger partial charge in [-0.05, 0) is 42.5 Å². The standard InChI is InChI=1S/C20H14N4O6/c1-30-12-5-3-11(4-6-12)24-18(27)13-7-2-10(8-14(13)19(24)28)16(25)22-15-9-21-20(29)23-17(15)26/h2-9H,1H3,(H,22,25)(H2,21,23,26,29). The predicted octanol–water partition coefficient (Wildman–Crippen LogP) is 1.12. The van der Waals surface area contributed by atoms with Crippen molar-refractivity contribution in [3.63, 3.8) is 0 Å². The molecule has 0 saturated heterocycles. The number of amides is 3. The van der Waals surface area contributed by atoms with E-state index in [1.54, 1.807) is 24.3 Å². The number of H-pyrrole nitrogens is 2. The van der Waals surface area contributed by atoms with Crippen molar-refractivity contribution < 1.29 is 19.1 Å². The first kappa shape index (κ1) is 18.9. The maximum absolute atomic E-state index is 12.8. The second-order valence-electron chi connectivity index (χ2n) is 6.34. The summed E-state index contributed by atoms with van der Waals surface area (Å²) in [7, 11) is 1.50. The number of fused-ring (bicyclic) bond motifs is 1. The third-order valence-corrected chi connectivity index (χ3v) is 4.55. The van der Waals surface area contributed by atoms with Crippen molar-refractivity contribution in [2.24, 2.45) is 0 Å². The number of benzene rings is 2.